The lowest BCUT2D eigenvalue weighted by Gasteiger charge is -2.28. The fraction of sp³-hybridized carbons (Fsp3) is 0.211. The highest BCUT2D eigenvalue weighted by Gasteiger charge is 2.20. The number of halogens is 2. The number of nitrogens with zero attached hydrogens (tertiary/aromatic N) is 4. The van der Waals surface area contributed by atoms with Crippen LogP contribution < -0.4 is 0 Å². The highest BCUT2D eigenvalue weighted by atomic mass is 35.5. The summed E-state index contributed by atoms with van der Waals surface area (Å²) in [5.74, 6) is 0.387. The van der Waals surface area contributed by atoms with E-state index in [0.717, 1.165) is 48.4 Å². The number of hydrogen-bond acceptors (Lipinski definition) is 4. The van der Waals surface area contributed by atoms with Crippen molar-refractivity contribution in [2.45, 2.75) is 19.5 Å². The molecule has 0 saturated heterocycles. The van der Waals surface area contributed by atoms with Crippen LogP contribution in [0, 0.1) is 5.82 Å². The first kappa shape index (κ1) is 16.1. The summed E-state index contributed by atoms with van der Waals surface area (Å²) in [5.41, 5.74) is 3.90. The van der Waals surface area contributed by atoms with E-state index in [1.807, 2.05) is 36.5 Å². The van der Waals surface area contributed by atoms with E-state index in [1.54, 1.807) is 0 Å². The third-order valence-corrected chi connectivity index (χ3v) is 4.66. The number of rotatable bonds is 3. The Morgan fingerprint density at radius 1 is 1.12 bits per heavy atom. The maximum absolute atomic E-state index is 13.4. The van der Waals surface area contributed by atoms with Gasteiger partial charge < -0.3 is 0 Å². The Morgan fingerprint density at radius 3 is 2.80 bits per heavy atom. The number of hydrogen-bond donors (Lipinski definition) is 0. The van der Waals surface area contributed by atoms with Gasteiger partial charge >= 0.3 is 0 Å². The van der Waals surface area contributed by atoms with Crippen LogP contribution in [-0.2, 0) is 19.5 Å². The van der Waals surface area contributed by atoms with Crippen LogP contribution in [0.25, 0.3) is 11.4 Å². The molecule has 25 heavy (non-hydrogen) atoms. The second-order valence-corrected chi connectivity index (χ2v) is 6.45. The van der Waals surface area contributed by atoms with Crippen LogP contribution in [0.2, 0.25) is 5.15 Å². The third kappa shape index (κ3) is 3.52. The SMILES string of the molecule is Fc1cnc(Cl)c(CN2CCc3nc(-c4ccccc4)ncc3C2)c1. The van der Waals surface area contributed by atoms with Gasteiger partial charge in [-0.05, 0) is 6.07 Å². The Balaban J connectivity index is 1.53. The lowest BCUT2D eigenvalue weighted by atomic mass is 10.1. The summed E-state index contributed by atoms with van der Waals surface area (Å²) < 4.78 is 13.4. The van der Waals surface area contributed by atoms with Gasteiger partial charge in [-0.1, -0.05) is 41.9 Å². The molecule has 0 amide bonds. The summed E-state index contributed by atoms with van der Waals surface area (Å²) in [7, 11) is 0. The first-order valence-corrected chi connectivity index (χ1v) is 8.49. The second-order valence-electron chi connectivity index (χ2n) is 6.10. The van der Waals surface area contributed by atoms with Gasteiger partial charge in [-0.3, -0.25) is 4.90 Å². The van der Waals surface area contributed by atoms with Gasteiger partial charge in [0.15, 0.2) is 5.82 Å². The number of benzene rings is 1. The summed E-state index contributed by atoms with van der Waals surface area (Å²) in [6, 6.07) is 11.4. The van der Waals surface area contributed by atoms with Gasteiger partial charge in [0.05, 0.1) is 11.9 Å². The Kier molecular flexibility index (Phi) is 4.42. The van der Waals surface area contributed by atoms with Gasteiger partial charge in [0, 0.05) is 48.9 Å². The standard InChI is InChI=1S/C19H16ClFN4/c20-18-14(8-16(21)10-22-18)11-25-7-6-17-15(12-25)9-23-19(24-17)13-4-2-1-3-5-13/h1-5,8-10H,6-7,11-12H2. The van der Waals surface area contributed by atoms with E-state index >= 15 is 0 Å². The van der Waals surface area contributed by atoms with Crippen molar-refractivity contribution in [1.82, 2.24) is 19.9 Å². The zero-order valence-electron chi connectivity index (χ0n) is 13.5. The van der Waals surface area contributed by atoms with E-state index in [0.29, 0.717) is 17.3 Å². The molecule has 4 nitrogen and oxygen atoms in total. The normalized spacial score (nSPS) is 14.3. The molecule has 3 aromatic rings. The molecule has 6 heteroatoms. The molecule has 3 heterocycles. The minimum atomic E-state index is -0.368. The smallest absolute Gasteiger partial charge is 0.159 e. The molecule has 0 N–H and O–H groups in total. The highest BCUT2D eigenvalue weighted by Crippen LogP contribution is 2.23. The molecule has 1 aromatic carbocycles. The molecular formula is C19H16ClFN4. The quantitative estimate of drug-likeness (QED) is 0.669. The molecular weight excluding hydrogens is 339 g/mol. The van der Waals surface area contributed by atoms with Gasteiger partial charge in [-0.15, -0.1) is 0 Å². The Hall–Kier alpha value is -2.37. The summed E-state index contributed by atoms with van der Waals surface area (Å²) >= 11 is 6.08. The average Bonchev–Trinajstić information content (AvgIpc) is 2.65. The summed E-state index contributed by atoms with van der Waals surface area (Å²) in [4.78, 5) is 15.3. The predicted molar refractivity (Wildman–Crippen MR) is 94.5 cm³/mol. The Morgan fingerprint density at radius 2 is 1.96 bits per heavy atom. The molecule has 0 bridgehead atoms. The molecule has 126 valence electrons. The van der Waals surface area contributed by atoms with Crippen LogP contribution in [0.3, 0.4) is 0 Å². The third-order valence-electron chi connectivity index (χ3n) is 4.32. The second kappa shape index (κ2) is 6.86. The van der Waals surface area contributed by atoms with Gasteiger partial charge in [0.1, 0.15) is 11.0 Å². The molecule has 0 aliphatic carbocycles. The lowest BCUT2D eigenvalue weighted by Crippen LogP contribution is -2.31. The Labute approximate surface area is 150 Å². The first-order chi connectivity index (χ1) is 12.2. The van der Waals surface area contributed by atoms with Crippen molar-refractivity contribution >= 4 is 11.6 Å². The zero-order chi connectivity index (χ0) is 17.2. The van der Waals surface area contributed by atoms with Crippen molar-refractivity contribution in [2.75, 3.05) is 6.54 Å². The van der Waals surface area contributed by atoms with Crippen LogP contribution in [0.4, 0.5) is 4.39 Å². The molecule has 0 unspecified atom stereocenters. The fourth-order valence-corrected chi connectivity index (χ4v) is 3.22. The van der Waals surface area contributed by atoms with E-state index in [1.165, 1.54) is 6.07 Å². The molecule has 0 spiro atoms. The molecule has 0 radical (unpaired) electrons. The largest absolute Gasteiger partial charge is 0.294 e. The minimum absolute atomic E-state index is 0.350. The average molecular weight is 355 g/mol. The number of pyridine rings is 1. The van der Waals surface area contributed by atoms with Crippen LogP contribution in [0.15, 0.2) is 48.8 Å². The zero-order valence-corrected chi connectivity index (χ0v) is 14.2. The molecule has 0 saturated carbocycles. The van der Waals surface area contributed by atoms with E-state index in [4.69, 9.17) is 16.6 Å². The lowest BCUT2D eigenvalue weighted by molar-refractivity contribution is 0.242. The maximum Gasteiger partial charge on any atom is 0.159 e. The van der Waals surface area contributed by atoms with E-state index in [9.17, 15) is 4.39 Å². The summed E-state index contributed by atoms with van der Waals surface area (Å²) in [6.07, 6.45) is 3.86. The van der Waals surface area contributed by atoms with Crippen LogP contribution in [0.1, 0.15) is 16.8 Å². The molecule has 0 atom stereocenters. The van der Waals surface area contributed by atoms with Crippen molar-refractivity contribution in [1.29, 1.82) is 0 Å². The van der Waals surface area contributed by atoms with E-state index in [2.05, 4.69) is 14.9 Å². The first-order valence-electron chi connectivity index (χ1n) is 8.11. The van der Waals surface area contributed by atoms with Crippen molar-refractivity contribution in [2.24, 2.45) is 0 Å². The van der Waals surface area contributed by atoms with Crippen molar-refractivity contribution in [3.05, 3.63) is 76.6 Å². The van der Waals surface area contributed by atoms with Crippen molar-refractivity contribution < 1.29 is 4.39 Å². The minimum Gasteiger partial charge on any atom is -0.294 e. The number of aromatic nitrogens is 3. The van der Waals surface area contributed by atoms with Gasteiger partial charge in [-0.2, -0.15) is 0 Å². The van der Waals surface area contributed by atoms with Crippen molar-refractivity contribution in [3.63, 3.8) is 0 Å². The fourth-order valence-electron chi connectivity index (χ4n) is 3.05. The van der Waals surface area contributed by atoms with Crippen LogP contribution in [0.5, 0.6) is 0 Å². The Bertz CT molecular complexity index is 901. The topological polar surface area (TPSA) is 41.9 Å². The van der Waals surface area contributed by atoms with Crippen LogP contribution >= 0.6 is 11.6 Å². The van der Waals surface area contributed by atoms with E-state index in [-0.39, 0.29) is 5.82 Å². The van der Waals surface area contributed by atoms with E-state index < -0.39 is 0 Å². The van der Waals surface area contributed by atoms with Gasteiger partial charge in [0.25, 0.3) is 0 Å². The summed E-state index contributed by atoms with van der Waals surface area (Å²) in [5, 5.41) is 0.350. The molecule has 0 fully saturated rings. The molecule has 1 aliphatic heterocycles. The monoisotopic (exact) mass is 354 g/mol. The summed E-state index contributed by atoms with van der Waals surface area (Å²) in [6.45, 7) is 2.12. The molecule has 4 rings (SSSR count). The molecule has 2 aromatic heterocycles. The van der Waals surface area contributed by atoms with Crippen molar-refractivity contribution in [3.8, 4) is 11.4 Å². The van der Waals surface area contributed by atoms with Crippen LogP contribution in [-0.4, -0.2) is 26.4 Å². The highest BCUT2D eigenvalue weighted by molar-refractivity contribution is 6.30. The molecule has 1 aliphatic rings. The predicted octanol–water partition coefficient (Wildman–Crippen LogP) is 3.89. The van der Waals surface area contributed by atoms with Gasteiger partial charge in [0.2, 0.25) is 0 Å². The van der Waals surface area contributed by atoms with Gasteiger partial charge in [-0.25, -0.2) is 19.3 Å². The maximum atomic E-state index is 13.4. The number of fused-ring (bicyclic) bond motifs is 1.